The molecule has 4 heterocycles. The molecule has 4 N–H and O–H groups in total. The first-order chi connectivity index (χ1) is 32.7. The van der Waals surface area contributed by atoms with Gasteiger partial charge in [-0.3, -0.25) is 9.59 Å². The number of hydrogen-bond acceptors (Lipinski definition) is 8. The molecule has 3 saturated carbocycles. The molecule has 5 fully saturated rings. The number of alkyl carbamates (subject to hydrolysis) is 2. The number of nitrogens with one attached hydrogen (secondary N) is 4. The molecule has 4 amide bonds. The molecule has 4 aromatic rings. The first-order valence-corrected chi connectivity index (χ1v) is 25.4. The Balaban J connectivity index is 0.885. The van der Waals surface area contributed by atoms with Gasteiger partial charge in [0.15, 0.2) is 0 Å². The van der Waals surface area contributed by atoms with Crippen molar-refractivity contribution in [2.45, 2.75) is 158 Å². The predicted octanol–water partition coefficient (Wildman–Crippen LogP) is 9.83. The molecule has 2 aromatic carbocycles. The second-order valence-electron chi connectivity index (χ2n) is 20.3. The summed E-state index contributed by atoms with van der Waals surface area (Å²) in [5.74, 6) is 1.69. The Morgan fingerprint density at radius 1 is 0.597 bits per heavy atom. The maximum Gasteiger partial charge on any atom is 0.407 e. The predicted molar refractivity (Wildman–Crippen MR) is 255 cm³/mol. The van der Waals surface area contributed by atoms with Crippen molar-refractivity contribution in [2.75, 3.05) is 27.3 Å². The van der Waals surface area contributed by atoms with E-state index in [1.807, 2.05) is 22.2 Å². The van der Waals surface area contributed by atoms with Crippen LogP contribution in [-0.2, 0) is 30.9 Å². The highest BCUT2D eigenvalue weighted by Gasteiger charge is 2.45. The fourth-order valence-corrected chi connectivity index (χ4v) is 13.2. The Morgan fingerprint density at radius 3 is 1.63 bits per heavy atom. The van der Waals surface area contributed by atoms with Crippen molar-refractivity contribution in [3.63, 3.8) is 0 Å². The second kappa shape index (κ2) is 19.5. The van der Waals surface area contributed by atoms with Gasteiger partial charge in [-0.2, -0.15) is 0 Å². The van der Waals surface area contributed by atoms with Gasteiger partial charge < -0.3 is 39.9 Å². The number of carbonyl (C=O) groups excluding carboxylic acids is 4. The number of ether oxygens (including phenoxy) is 2. The largest absolute Gasteiger partial charge is 0.453 e. The Morgan fingerprint density at radius 2 is 1.09 bits per heavy atom. The number of nitrogens with zero attached hydrogens (tertiary/aromatic N) is 4. The molecule has 6 aliphatic rings. The van der Waals surface area contributed by atoms with E-state index in [2.05, 4.69) is 57.0 Å². The van der Waals surface area contributed by atoms with Crippen molar-refractivity contribution < 1.29 is 28.7 Å². The molecule has 0 unspecified atom stereocenters. The standard InChI is InChI=1S/C53H68N8O6/c1-66-51(64)58-45(35-13-5-3-6-14-35)49(62)60-29-11-17-42(60)47-54-31-40(56-47)34-21-19-33(20-22-34)37-23-24-38(39-25-28-53(44(37)39)26-9-10-27-53)41-32-55-48(57-41)43-18-12-30-61(43)50(63)46(59-52(65)67-2)36-15-7-4-8-16-36/h19-24,31-32,35-36,42-43,45-46H,3-18,25-30H2,1-2H3,(H,54,56)(H,55,57)(H,58,64)(H,59,65)/t42-,43-,45-,46-/m0/s1. The molecule has 4 atom stereocenters. The van der Waals surface area contributed by atoms with Crippen LogP contribution in [0, 0.1) is 11.8 Å². The zero-order valence-corrected chi connectivity index (χ0v) is 39.4. The van der Waals surface area contributed by atoms with Crippen LogP contribution < -0.4 is 10.6 Å². The molecule has 0 bridgehead atoms. The zero-order valence-electron chi connectivity index (χ0n) is 39.4. The number of aromatic amines is 2. The van der Waals surface area contributed by atoms with E-state index in [4.69, 9.17) is 19.4 Å². The first kappa shape index (κ1) is 45.1. The van der Waals surface area contributed by atoms with Crippen molar-refractivity contribution in [2.24, 2.45) is 11.8 Å². The van der Waals surface area contributed by atoms with E-state index >= 15 is 0 Å². The Labute approximate surface area is 394 Å². The van der Waals surface area contributed by atoms with Gasteiger partial charge >= 0.3 is 12.2 Å². The third kappa shape index (κ3) is 8.85. The number of benzene rings is 2. The molecule has 4 aliphatic carbocycles. The SMILES string of the molecule is COC(=O)N[C@H](C(=O)N1CCC[C@H]1c1ncc(-c2ccc(-c3ccc(-c4cnc([C@@H]5CCCN5C(=O)[C@@H](NC(=O)OC)C5CCCCC5)[nH]4)c4c3C3(CCCC3)CC4)cc2)[nH]1)C1CCCCC1. The number of imidazole rings is 2. The van der Waals surface area contributed by atoms with Gasteiger partial charge in [-0.1, -0.05) is 87.8 Å². The molecule has 10 rings (SSSR count). The van der Waals surface area contributed by atoms with E-state index in [1.165, 1.54) is 67.7 Å². The maximum absolute atomic E-state index is 14.3. The van der Waals surface area contributed by atoms with Crippen LogP contribution in [0.2, 0.25) is 0 Å². The van der Waals surface area contributed by atoms with Crippen molar-refractivity contribution in [3.8, 4) is 33.6 Å². The first-order valence-electron chi connectivity index (χ1n) is 25.4. The number of hydrogen-bond donors (Lipinski definition) is 4. The van der Waals surface area contributed by atoms with Crippen LogP contribution >= 0.6 is 0 Å². The summed E-state index contributed by atoms with van der Waals surface area (Å²) in [4.78, 5) is 74.3. The lowest BCUT2D eigenvalue weighted by Crippen LogP contribution is -2.52. The lowest BCUT2D eigenvalue weighted by molar-refractivity contribution is -0.136. The molecule has 0 radical (unpaired) electrons. The van der Waals surface area contributed by atoms with Gasteiger partial charge in [0.25, 0.3) is 0 Å². The fourth-order valence-electron chi connectivity index (χ4n) is 13.2. The minimum Gasteiger partial charge on any atom is -0.453 e. The number of rotatable bonds is 11. The fraction of sp³-hybridized carbons (Fsp3) is 0.585. The summed E-state index contributed by atoms with van der Waals surface area (Å²) in [6, 6.07) is 11.8. The third-order valence-electron chi connectivity index (χ3n) is 16.6. The quantitative estimate of drug-likeness (QED) is 0.115. The number of likely N-dealkylation sites (tertiary alicyclic amines) is 2. The Kier molecular flexibility index (Phi) is 13.1. The molecule has 2 aliphatic heterocycles. The number of fused-ring (bicyclic) bond motifs is 2. The molecular formula is C53H68N8O6. The van der Waals surface area contributed by atoms with Crippen LogP contribution in [-0.4, -0.2) is 93.1 Å². The third-order valence-corrected chi connectivity index (χ3v) is 16.6. The van der Waals surface area contributed by atoms with Crippen molar-refractivity contribution in [1.82, 2.24) is 40.4 Å². The molecule has 2 aromatic heterocycles. The van der Waals surface area contributed by atoms with Crippen LogP contribution in [0.5, 0.6) is 0 Å². The van der Waals surface area contributed by atoms with E-state index in [1.54, 1.807) is 0 Å². The summed E-state index contributed by atoms with van der Waals surface area (Å²) in [7, 11) is 2.70. The van der Waals surface area contributed by atoms with E-state index in [0.29, 0.717) is 13.1 Å². The van der Waals surface area contributed by atoms with Gasteiger partial charge in [-0.05, 0) is 122 Å². The summed E-state index contributed by atoms with van der Waals surface area (Å²) in [5.41, 5.74) is 9.65. The lowest BCUT2D eigenvalue weighted by atomic mass is 9.76. The number of amides is 4. The summed E-state index contributed by atoms with van der Waals surface area (Å²) in [6.45, 7) is 1.27. The zero-order chi connectivity index (χ0) is 46.1. The van der Waals surface area contributed by atoms with Crippen molar-refractivity contribution in [1.29, 1.82) is 0 Å². The number of methoxy groups -OCH3 is 2. The maximum atomic E-state index is 14.3. The van der Waals surface area contributed by atoms with Crippen molar-refractivity contribution in [3.05, 3.63) is 71.6 Å². The highest BCUT2D eigenvalue weighted by molar-refractivity contribution is 5.87. The number of H-pyrrole nitrogens is 2. The van der Waals surface area contributed by atoms with E-state index in [0.717, 1.165) is 131 Å². The summed E-state index contributed by atoms with van der Waals surface area (Å²) in [6.07, 6.45) is 23.4. The van der Waals surface area contributed by atoms with E-state index in [-0.39, 0.29) is 41.1 Å². The normalized spacial score (nSPS) is 22.7. The van der Waals surface area contributed by atoms with E-state index in [9.17, 15) is 19.2 Å². The second-order valence-corrected chi connectivity index (χ2v) is 20.3. The lowest BCUT2D eigenvalue weighted by Gasteiger charge is -2.34. The molecular weight excluding hydrogens is 845 g/mol. The summed E-state index contributed by atoms with van der Waals surface area (Å²) < 4.78 is 9.92. The van der Waals surface area contributed by atoms with Gasteiger partial charge in [-0.15, -0.1) is 0 Å². The van der Waals surface area contributed by atoms with Crippen LogP contribution in [0.3, 0.4) is 0 Å². The highest BCUT2D eigenvalue weighted by Crippen LogP contribution is 2.55. The Bertz CT molecular complexity index is 2430. The molecule has 356 valence electrons. The summed E-state index contributed by atoms with van der Waals surface area (Å²) in [5, 5.41) is 5.82. The molecule has 14 heteroatoms. The molecule has 2 saturated heterocycles. The number of carbonyl (C=O) groups is 4. The molecule has 1 spiro atoms. The van der Waals surface area contributed by atoms with Crippen LogP contribution in [0.4, 0.5) is 9.59 Å². The van der Waals surface area contributed by atoms with Gasteiger partial charge in [0.2, 0.25) is 11.8 Å². The van der Waals surface area contributed by atoms with Crippen LogP contribution in [0.1, 0.15) is 157 Å². The molecule has 67 heavy (non-hydrogen) atoms. The van der Waals surface area contributed by atoms with Gasteiger partial charge in [0, 0.05) is 18.7 Å². The highest BCUT2D eigenvalue weighted by atomic mass is 16.5. The van der Waals surface area contributed by atoms with E-state index < -0.39 is 24.3 Å². The van der Waals surface area contributed by atoms with Crippen LogP contribution in [0.15, 0.2) is 48.8 Å². The summed E-state index contributed by atoms with van der Waals surface area (Å²) >= 11 is 0. The number of aromatic nitrogens is 4. The topological polar surface area (TPSA) is 175 Å². The smallest absolute Gasteiger partial charge is 0.407 e. The van der Waals surface area contributed by atoms with Crippen LogP contribution in [0.25, 0.3) is 33.6 Å². The van der Waals surface area contributed by atoms with Crippen molar-refractivity contribution >= 4 is 24.0 Å². The monoisotopic (exact) mass is 913 g/mol. The van der Waals surface area contributed by atoms with Gasteiger partial charge in [0.05, 0.1) is 50.1 Å². The average molecular weight is 913 g/mol. The van der Waals surface area contributed by atoms with Gasteiger partial charge in [-0.25, -0.2) is 19.6 Å². The average Bonchev–Trinajstić information content (AvgIpc) is 4.25. The molecule has 14 nitrogen and oxygen atoms in total. The van der Waals surface area contributed by atoms with Gasteiger partial charge in [0.1, 0.15) is 23.7 Å². The Hall–Kier alpha value is -5.66. The minimum atomic E-state index is -0.603. The minimum absolute atomic E-state index is 0.0355.